The van der Waals surface area contributed by atoms with Crippen LogP contribution >= 0.6 is 0 Å². The minimum Gasteiger partial charge on any atom is -0.497 e. The molecule has 2 rings (SSSR count). The van der Waals surface area contributed by atoms with Crippen LogP contribution < -0.4 is 4.74 Å². The van der Waals surface area contributed by atoms with Gasteiger partial charge in [-0.2, -0.15) is 0 Å². The third-order valence-corrected chi connectivity index (χ3v) is 3.03. The van der Waals surface area contributed by atoms with Crippen molar-refractivity contribution in [1.29, 1.82) is 0 Å². The molecule has 0 heterocycles. The number of methoxy groups -OCH3 is 1. The van der Waals surface area contributed by atoms with E-state index in [1.165, 1.54) is 25.3 Å². The van der Waals surface area contributed by atoms with Gasteiger partial charge in [-0.15, -0.1) is 0 Å². The van der Waals surface area contributed by atoms with Gasteiger partial charge in [-0.3, -0.25) is 10.1 Å². The molecule has 2 aromatic carbocycles. The Bertz CT molecular complexity index is 752. The smallest absolute Gasteiger partial charge is 0.336 e. The molecule has 0 aliphatic heterocycles. The Balaban J connectivity index is 2.35. The summed E-state index contributed by atoms with van der Waals surface area (Å²) in [5.41, 5.74) is 1.18. The van der Waals surface area contributed by atoms with Crippen LogP contribution in [0, 0.1) is 10.1 Å². The Kier molecular flexibility index (Phi) is 4.53. The topological polar surface area (TPSA) is 89.7 Å². The number of aromatic carboxylic acids is 1. The van der Waals surface area contributed by atoms with Gasteiger partial charge in [0.2, 0.25) is 0 Å². The molecular weight excluding hydrogens is 286 g/mol. The lowest BCUT2D eigenvalue weighted by molar-refractivity contribution is -0.384. The van der Waals surface area contributed by atoms with Crippen molar-refractivity contribution in [2.45, 2.75) is 0 Å². The van der Waals surface area contributed by atoms with E-state index in [0.29, 0.717) is 16.9 Å². The maximum Gasteiger partial charge on any atom is 0.336 e. The van der Waals surface area contributed by atoms with Crippen LogP contribution in [0.25, 0.3) is 12.2 Å². The summed E-state index contributed by atoms with van der Waals surface area (Å²) < 4.78 is 5.00. The molecule has 0 saturated carbocycles. The first-order chi connectivity index (χ1) is 10.5. The van der Waals surface area contributed by atoms with Crippen molar-refractivity contribution < 1.29 is 19.6 Å². The molecule has 112 valence electrons. The minimum atomic E-state index is -1.07. The maximum absolute atomic E-state index is 11.3. The van der Waals surface area contributed by atoms with E-state index in [2.05, 4.69) is 0 Å². The van der Waals surface area contributed by atoms with Gasteiger partial charge in [0.05, 0.1) is 17.6 Å². The molecule has 0 fully saturated rings. The first-order valence-electron chi connectivity index (χ1n) is 6.35. The molecule has 0 saturated heterocycles. The van der Waals surface area contributed by atoms with Crippen LogP contribution in [0.2, 0.25) is 0 Å². The SMILES string of the molecule is COc1ccc(/C=C/c2cccc([N+](=O)[O-])c2)c(C(=O)O)c1. The van der Waals surface area contributed by atoms with E-state index < -0.39 is 10.9 Å². The van der Waals surface area contributed by atoms with Crippen molar-refractivity contribution in [3.63, 3.8) is 0 Å². The number of hydrogen-bond acceptors (Lipinski definition) is 4. The summed E-state index contributed by atoms with van der Waals surface area (Å²) in [5.74, 6) is -0.623. The van der Waals surface area contributed by atoms with E-state index in [0.717, 1.165) is 0 Å². The van der Waals surface area contributed by atoms with Crippen molar-refractivity contribution in [1.82, 2.24) is 0 Å². The summed E-state index contributed by atoms with van der Waals surface area (Å²) in [7, 11) is 1.46. The molecule has 0 aliphatic carbocycles. The molecule has 0 amide bonds. The molecule has 1 N–H and O–H groups in total. The second-order valence-electron chi connectivity index (χ2n) is 4.44. The zero-order valence-electron chi connectivity index (χ0n) is 11.7. The molecule has 6 nitrogen and oxygen atoms in total. The maximum atomic E-state index is 11.3. The van der Waals surface area contributed by atoms with Gasteiger partial charge in [0.1, 0.15) is 5.75 Å². The van der Waals surface area contributed by atoms with Crippen molar-refractivity contribution in [3.8, 4) is 5.75 Å². The second-order valence-corrected chi connectivity index (χ2v) is 4.44. The number of carboxylic acids is 1. The number of benzene rings is 2. The second kappa shape index (κ2) is 6.53. The fourth-order valence-corrected chi connectivity index (χ4v) is 1.92. The average molecular weight is 299 g/mol. The fourth-order valence-electron chi connectivity index (χ4n) is 1.92. The first-order valence-corrected chi connectivity index (χ1v) is 6.35. The lowest BCUT2D eigenvalue weighted by atomic mass is 10.1. The van der Waals surface area contributed by atoms with E-state index in [9.17, 15) is 20.0 Å². The standard InChI is InChI=1S/C16H13NO5/c1-22-14-8-7-12(15(10-14)16(18)19)6-5-11-3-2-4-13(9-11)17(20)21/h2-10H,1H3,(H,18,19)/b6-5+. The summed E-state index contributed by atoms with van der Waals surface area (Å²) in [5, 5.41) is 20.0. The van der Waals surface area contributed by atoms with Crippen LogP contribution in [0.1, 0.15) is 21.5 Å². The third kappa shape index (κ3) is 3.49. The van der Waals surface area contributed by atoms with Crippen molar-refractivity contribution in [3.05, 3.63) is 69.3 Å². The van der Waals surface area contributed by atoms with Gasteiger partial charge in [0.25, 0.3) is 5.69 Å². The number of hydrogen-bond donors (Lipinski definition) is 1. The van der Waals surface area contributed by atoms with E-state index in [-0.39, 0.29) is 11.3 Å². The lowest BCUT2D eigenvalue weighted by Crippen LogP contribution is -2.00. The minimum absolute atomic E-state index is 0.0182. The van der Waals surface area contributed by atoms with Crippen LogP contribution in [0.5, 0.6) is 5.75 Å². The van der Waals surface area contributed by atoms with E-state index in [1.807, 2.05) is 0 Å². The summed E-state index contributed by atoms with van der Waals surface area (Å²) in [4.78, 5) is 21.5. The average Bonchev–Trinajstić information content (AvgIpc) is 2.52. The highest BCUT2D eigenvalue weighted by Gasteiger charge is 2.10. The highest BCUT2D eigenvalue weighted by Crippen LogP contribution is 2.21. The first kappa shape index (κ1) is 15.2. The van der Waals surface area contributed by atoms with Crippen LogP contribution in [0.15, 0.2) is 42.5 Å². The number of non-ortho nitro benzene ring substituents is 1. The van der Waals surface area contributed by atoms with Gasteiger partial charge < -0.3 is 9.84 Å². The summed E-state index contributed by atoms with van der Waals surface area (Å²) in [6.07, 6.45) is 3.23. The molecule has 0 unspecified atom stereocenters. The molecule has 0 aromatic heterocycles. The van der Waals surface area contributed by atoms with Gasteiger partial charge >= 0.3 is 5.97 Å². The van der Waals surface area contributed by atoms with Crippen LogP contribution in [-0.2, 0) is 0 Å². The number of rotatable bonds is 5. The van der Waals surface area contributed by atoms with Gasteiger partial charge in [0, 0.05) is 12.1 Å². The summed E-state index contributed by atoms with van der Waals surface area (Å²) in [6.45, 7) is 0. The predicted octanol–water partition coefficient (Wildman–Crippen LogP) is 3.47. The van der Waals surface area contributed by atoms with Gasteiger partial charge in [0.15, 0.2) is 0 Å². The molecule has 0 bridgehead atoms. The molecule has 2 aromatic rings. The van der Waals surface area contributed by atoms with Crippen molar-refractivity contribution in [2.24, 2.45) is 0 Å². The molecule has 0 spiro atoms. The van der Waals surface area contributed by atoms with E-state index >= 15 is 0 Å². The van der Waals surface area contributed by atoms with Crippen LogP contribution in [-0.4, -0.2) is 23.1 Å². The molecule has 0 aliphatic rings. The number of nitro groups is 1. The molecular formula is C16H13NO5. The van der Waals surface area contributed by atoms with Crippen LogP contribution in [0.3, 0.4) is 0 Å². The Morgan fingerprint density at radius 3 is 2.64 bits per heavy atom. The molecule has 22 heavy (non-hydrogen) atoms. The largest absolute Gasteiger partial charge is 0.497 e. The monoisotopic (exact) mass is 299 g/mol. The number of nitro benzene ring substituents is 1. The molecule has 0 atom stereocenters. The zero-order valence-corrected chi connectivity index (χ0v) is 11.7. The summed E-state index contributed by atoms with van der Waals surface area (Å²) in [6, 6.07) is 10.8. The number of carbonyl (C=O) groups is 1. The Morgan fingerprint density at radius 1 is 1.23 bits per heavy atom. The van der Waals surface area contributed by atoms with Crippen molar-refractivity contribution >= 4 is 23.8 Å². The number of carboxylic acid groups (broad SMARTS) is 1. The Hall–Kier alpha value is -3.15. The number of nitrogens with zero attached hydrogens (tertiary/aromatic N) is 1. The number of ether oxygens (including phenoxy) is 1. The molecule has 0 radical (unpaired) electrons. The van der Waals surface area contributed by atoms with E-state index in [4.69, 9.17) is 4.74 Å². The predicted molar refractivity (Wildman–Crippen MR) is 82.0 cm³/mol. The van der Waals surface area contributed by atoms with Gasteiger partial charge in [-0.1, -0.05) is 30.4 Å². The van der Waals surface area contributed by atoms with Gasteiger partial charge in [-0.25, -0.2) is 4.79 Å². The Labute approximate surface area is 126 Å². The molecule has 6 heteroatoms. The van der Waals surface area contributed by atoms with Crippen LogP contribution in [0.4, 0.5) is 5.69 Å². The quantitative estimate of drug-likeness (QED) is 0.518. The third-order valence-electron chi connectivity index (χ3n) is 3.03. The Morgan fingerprint density at radius 2 is 2.00 bits per heavy atom. The van der Waals surface area contributed by atoms with Gasteiger partial charge in [-0.05, 0) is 23.3 Å². The zero-order chi connectivity index (χ0) is 16.1. The summed E-state index contributed by atoms with van der Waals surface area (Å²) >= 11 is 0. The van der Waals surface area contributed by atoms with Crippen molar-refractivity contribution in [2.75, 3.05) is 7.11 Å². The van der Waals surface area contributed by atoms with E-state index in [1.54, 1.807) is 36.4 Å². The normalized spacial score (nSPS) is 10.6. The lowest BCUT2D eigenvalue weighted by Gasteiger charge is -2.05. The highest BCUT2D eigenvalue weighted by molar-refractivity contribution is 5.94. The fraction of sp³-hybridized carbons (Fsp3) is 0.0625. The highest BCUT2D eigenvalue weighted by atomic mass is 16.6.